The van der Waals surface area contributed by atoms with Crippen molar-refractivity contribution in [1.82, 2.24) is 0 Å². The number of hydrogen-bond acceptors (Lipinski definition) is 3. The van der Waals surface area contributed by atoms with Crippen molar-refractivity contribution in [1.29, 1.82) is 0 Å². The monoisotopic (exact) mass is 398 g/mol. The maximum Gasteiger partial charge on any atom is 0.255 e. The van der Waals surface area contributed by atoms with E-state index < -0.39 is 0 Å². The van der Waals surface area contributed by atoms with Crippen molar-refractivity contribution in [2.24, 2.45) is 0 Å². The number of amides is 1. The van der Waals surface area contributed by atoms with Crippen LogP contribution >= 0.6 is 31.9 Å². The minimum atomic E-state index is -0.244. The summed E-state index contributed by atoms with van der Waals surface area (Å²) in [5.41, 5.74) is 7.36. The van der Waals surface area contributed by atoms with Gasteiger partial charge in [0.05, 0.1) is 18.5 Å². The lowest BCUT2D eigenvalue weighted by Gasteiger charge is -2.11. The summed E-state index contributed by atoms with van der Waals surface area (Å²) < 4.78 is 6.65. The highest BCUT2D eigenvalue weighted by atomic mass is 79.9. The molecule has 0 aromatic heterocycles. The van der Waals surface area contributed by atoms with Crippen molar-refractivity contribution >= 4 is 49.1 Å². The Bertz CT molecular complexity index is 639. The highest BCUT2D eigenvalue weighted by molar-refractivity contribution is 9.11. The van der Waals surface area contributed by atoms with Gasteiger partial charge in [-0.15, -0.1) is 0 Å². The lowest BCUT2D eigenvalue weighted by Crippen LogP contribution is -2.13. The van der Waals surface area contributed by atoms with Gasteiger partial charge in [-0.25, -0.2) is 0 Å². The molecule has 0 unspecified atom stereocenters. The van der Waals surface area contributed by atoms with E-state index in [9.17, 15) is 4.79 Å². The molecule has 0 aliphatic heterocycles. The van der Waals surface area contributed by atoms with Crippen LogP contribution in [0.2, 0.25) is 0 Å². The fraction of sp³-hybridized carbons (Fsp3) is 0.0714. The normalized spacial score (nSPS) is 10.2. The second kappa shape index (κ2) is 6.28. The smallest absolute Gasteiger partial charge is 0.255 e. The molecule has 0 spiro atoms. The zero-order chi connectivity index (χ0) is 14.7. The number of benzene rings is 2. The Hall–Kier alpha value is -1.53. The van der Waals surface area contributed by atoms with Crippen molar-refractivity contribution in [3.8, 4) is 5.75 Å². The Morgan fingerprint density at radius 1 is 1.20 bits per heavy atom. The third kappa shape index (κ3) is 3.13. The molecule has 0 heterocycles. The zero-order valence-corrected chi connectivity index (χ0v) is 13.8. The van der Waals surface area contributed by atoms with Crippen molar-refractivity contribution < 1.29 is 9.53 Å². The van der Waals surface area contributed by atoms with Crippen LogP contribution in [0.1, 0.15) is 10.4 Å². The fourth-order valence-electron chi connectivity index (χ4n) is 1.68. The first-order valence-electron chi connectivity index (χ1n) is 5.72. The number of ether oxygens (including phenoxy) is 1. The van der Waals surface area contributed by atoms with Gasteiger partial charge in [0.25, 0.3) is 5.91 Å². The second-order valence-corrected chi connectivity index (χ2v) is 5.72. The summed E-state index contributed by atoms with van der Waals surface area (Å²) in [5.74, 6) is 0.301. The summed E-state index contributed by atoms with van der Waals surface area (Å²) in [6.45, 7) is 0. The number of nitrogen functional groups attached to an aromatic ring is 1. The molecule has 3 N–H and O–H groups in total. The molecule has 0 aliphatic carbocycles. The summed E-state index contributed by atoms with van der Waals surface area (Å²) in [7, 11) is 1.53. The number of carbonyl (C=O) groups excluding carboxylic acids is 1. The molecule has 0 atom stereocenters. The number of anilines is 2. The molecule has 6 heteroatoms. The molecule has 0 fully saturated rings. The van der Waals surface area contributed by atoms with E-state index in [-0.39, 0.29) is 5.91 Å². The quantitative estimate of drug-likeness (QED) is 0.765. The third-order valence-corrected chi connectivity index (χ3v) is 4.01. The van der Waals surface area contributed by atoms with Crippen LogP contribution in [0.5, 0.6) is 5.75 Å². The van der Waals surface area contributed by atoms with E-state index in [1.807, 2.05) is 18.2 Å². The lowest BCUT2D eigenvalue weighted by atomic mass is 10.1. The Labute approximate surface area is 133 Å². The summed E-state index contributed by atoms with van der Waals surface area (Å²) in [5, 5.41) is 2.83. The van der Waals surface area contributed by atoms with Gasteiger partial charge in [-0.2, -0.15) is 0 Å². The van der Waals surface area contributed by atoms with Gasteiger partial charge in [0.2, 0.25) is 0 Å². The number of carbonyl (C=O) groups is 1. The van der Waals surface area contributed by atoms with E-state index in [1.54, 1.807) is 18.2 Å². The molecule has 0 bridgehead atoms. The number of halogens is 2. The minimum Gasteiger partial charge on any atom is -0.495 e. The van der Waals surface area contributed by atoms with Crippen molar-refractivity contribution in [2.45, 2.75) is 0 Å². The highest BCUT2D eigenvalue weighted by Gasteiger charge is 2.12. The van der Waals surface area contributed by atoms with E-state index in [0.29, 0.717) is 22.7 Å². The molecule has 0 saturated heterocycles. The van der Waals surface area contributed by atoms with Crippen LogP contribution in [0.25, 0.3) is 0 Å². The first kappa shape index (κ1) is 14.9. The van der Waals surface area contributed by atoms with Crippen molar-refractivity contribution in [2.75, 3.05) is 18.2 Å². The van der Waals surface area contributed by atoms with Gasteiger partial charge >= 0.3 is 0 Å². The van der Waals surface area contributed by atoms with Crippen molar-refractivity contribution in [3.63, 3.8) is 0 Å². The maximum absolute atomic E-state index is 12.2. The molecule has 0 radical (unpaired) electrons. The molecule has 104 valence electrons. The molecule has 4 nitrogen and oxygen atoms in total. The molecule has 2 aromatic carbocycles. The Morgan fingerprint density at radius 2 is 1.85 bits per heavy atom. The first-order chi connectivity index (χ1) is 9.52. The molecule has 20 heavy (non-hydrogen) atoms. The van der Waals surface area contributed by atoms with E-state index in [0.717, 1.165) is 8.95 Å². The van der Waals surface area contributed by atoms with E-state index in [2.05, 4.69) is 37.2 Å². The topological polar surface area (TPSA) is 64.3 Å². The van der Waals surface area contributed by atoms with Gasteiger partial charge in [0.15, 0.2) is 0 Å². The Balaban J connectivity index is 2.26. The van der Waals surface area contributed by atoms with Crippen LogP contribution in [-0.2, 0) is 0 Å². The van der Waals surface area contributed by atoms with Gasteiger partial charge in [0, 0.05) is 14.5 Å². The van der Waals surface area contributed by atoms with E-state index >= 15 is 0 Å². The molecule has 2 aromatic rings. The van der Waals surface area contributed by atoms with E-state index in [1.165, 1.54) is 7.11 Å². The van der Waals surface area contributed by atoms with Crippen LogP contribution in [0, 0.1) is 0 Å². The van der Waals surface area contributed by atoms with Crippen LogP contribution in [0.4, 0.5) is 11.4 Å². The van der Waals surface area contributed by atoms with Crippen LogP contribution in [-0.4, -0.2) is 13.0 Å². The molecule has 0 aliphatic rings. The van der Waals surface area contributed by atoms with Gasteiger partial charge in [-0.1, -0.05) is 6.07 Å². The average Bonchev–Trinajstić information content (AvgIpc) is 2.42. The fourth-order valence-corrected chi connectivity index (χ4v) is 2.88. The predicted molar refractivity (Wildman–Crippen MR) is 87.2 cm³/mol. The molecular formula is C14H12Br2N2O2. The van der Waals surface area contributed by atoms with Crippen LogP contribution in [0.15, 0.2) is 45.3 Å². The number of hydrogen-bond donors (Lipinski definition) is 2. The first-order valence-corrected chi connectivity index (χ1v) is 7.30. The number of nitrogens with two attached hydrogens (primary N) is 1. The maximum atomic E-state index is 12.2. The highest BCUT2D eigenvalue weighted by Crippen LogP contribution is 2.31. The summed E-state index contributed by atoms with van der Waals surface area (Å²) in [4.78, 5) is 12.2. The van der Waals surface area contributed by atoms with Gasteiger partial charge in [-0.05, 0) is 62.2 Å². The number of nitrogens with one attached hydrogen (secondary N) is 1. The summed E-state index contributed by atoms with van der Waals surface area (Å²) in [6, 6.07) is 10.5. The number of para-hydroxylation sites is 1. The molecule has 0 saturated carbocycles. The van der Waals surface area contributed by atoms with Gasteiger partial charge < -0.3 is 15.8 Å². The third-order valence-electron chi connectivity index (χ3n) is 2.69. The predicted octanol–water partition coefficient (Wildman–Crippen LogP) is 4.05. The minimum absolute atomic E-state index is 0.244. The Morgan fingerprint density at radius 3 is 2.40 bits per heavy atom. The standard InChI is InChI=1S/C14H12Br2N2O2/c1-20-12-6-5-8(7-11(12)17)14(19)18-13-9(15)3-2-4-10(13)16/h2-7H,17H2,1H3,(H,18,19). The summed E-state index contributed by atoms with van der Waals surface area (Å²) >= 11 is 6.79. The van der Waals surface area contributed by atoms with Gasteiger partial charge in [0.1, 0.15) is 5.75 Å². The van der Waals surface area contributed by atoms with Crippen LogP contribution in [0.3, 0.4) is 0 Å². The number of rotatable bonds is 3. The van der Waals surface area contributed by atoms with Crippen LogP contribution < -0.4 is 15.8 Å². The summed E-state index contributed by atoms with van der Waals surface area (Å²) in [6.07, 6.45) is 0. The lowest BCUT2D eigenvalue weighted by molar-refractivity contribution is 0.102. The van der Waals surface area contributed by atoms with Crippen molar-refractivity contribution in [3.05, 3.63) is 50.9 Å². The largest absolute Gasteiger partial charge is 0.495 e. The average molecular weight is 400 g/mol. The van der Waals surface area contributed by atoms with Gasteiger partial charge in [-0.3, -0.25) is 4.79 Å². The molecule has 2 rings (SSSR count). The Kier molecular flexibility index (Phi) is 4.67. The zero-order valence-electron chi connectivity index (χ0n) is 10.6. The second-order valence-electron chi connectivity index (χ2n) is 4.01. The molecule has 1 amide bonds. The SMILES string of the molecule is COc1ccc(C(=O)Nc2c(Br)cccc2Br)cc1N. The number of methoxy groups -OCH3 is 1. The van der Waals surface area contributed by atoms with E-state index in [4.69, 9.17) is 10.5 Å². The molecular weight excluding hydrogens is 388 g/mol.